The molecule has 1 aliphatic heterocycles. The quantitative estimate of drug-likeness (QED) is 0.579. The molecule has 0 unspecified atom stereocenters. The van der Waals surface area contributed by atoms with E-state index in [0.29, 0.717) is 12.2 Å². The fraction of sp³-hybridized carbons (Fsp3) is 0.150. The molecule has 0 saturated carbocycles. The number of fused-ring (bicyclic) bond motifs is 4. The molecule has 0 radical (unpaired) electrons. The van der Waals surface area contributed by atoms with Crippen molar-refractivity contribution in [3.63, 3.8) is 0 Å². The Hall–Kier alpha value is -3.81. The monoisotopic (exact) mass is 371 g/mol. The SMILES string of the molecule is Cn1nnc2ccc(CN3C(=O)Cc4cnc(N)nc4-c4ccccc43)cc21. The van der Waals surface area contributed by atoms with Crippen molar-refractivity contribution in [3.05, 3.63) is 59.8 Å². The van der Waals surface area contributed by atoms with Crippen LogP contribution < -0.4 is 10.6 Å². The number of amides is 1. The first-order valence-electron chi connectivity index (χ1n) is 8.89. The third-order valence-electron chi connectivity index (χ3n) is 4.99. The van der Waals surface area contributed by atoms with E-state index in [4.69, 9.17) is 5.73 Å². The molecular weight excluding hydrogens is 354 g/mol. The number of hydrogen-bond acceptors (Lipinski definition) is 6. The molecule has 0 saturated heterocycles. The lowest BCUT2D eigenvalue weighted by Crippen LogP contribution is -2.31. The number of nitrogens with two attached hydrogens (primary N) is 1. The van der Waals surface area contributed by atoms with Crippen LogP contribution in [-0.2, 0) is 24.8 Å². The maximum atomic E-state index is 13.1. The highest BCUT2D eigenvalue weighted by molar-refractivity contribution is 6.01. The van der Waals surface area contributed by atoms with Crippen LogP contribution in [0.3, 0.4) is 0 Å². The summed E-state index contributed by atoms with van der Waals surface area (Å²) in [5.74, 6) is 0.186. The van der Waals surface area contributed by atoms with Crippen LogP contribution in [0.4, 0.5) is 11.6 Å². The van der Waals surface area contributed by atoms with E-state index in [-0.39, 0.29) is 18.3 Å². The smallest absolute Gasteiger partial charge is 0.231 e. The molecule has 3 heterocycles. The van der Waals surface area contributed by atoms with E-state index < -0.39 is 0 Å². The molecule has 2 aromatic heterocycles. The van der Waals surface area contributed by atoms with E-state index in [0.717, 1.165) is 33.4 Å². The molecule has 8 nitrogen and oxygen atoms in total. The zero-order valence-corrected chi connectivity index (χ0v) is 15.2. The number of para-hydroxylation sites is 1. The Balaban J connectivity index is 1.62. The van der Waals surface area contributed by atoms with Crippen LogP contribution in [0.2, 0.25) is 0 Å². The average molecular weight is 371 g/mol. The van der Waals surface area contributed by atoms with Gasteiger partial charge in [-0.05, 0) is 23.8 Å². The summed E-state index contributed by atoms with van der Waals surface area (Å²) in [6.07, 6.45) is 1.86. The van der Waals surface area contributed by atoms with Crippen LogP contribution in [0.1, 0.15) is 11.1 Å². The summed E-state index contributed by atoms with van der Waals surface area (Å²) in [6, 6.07) is 13.7. The van der Waals surface area contributed by atoms with Crippen molar-refractivity contribution >= 4 is 28.6 Å². The van der Waals surface area contributed by atoms with Crippen molar-refractivity contribution in [1.82, 2.24) is 25.0 Å². The van der Waals surface area contributed by atoms with Gasteiger partial charge in [0, 0.05) is 24.4 Å². The normalized spacial score (nSPS) is 13.3. The van der Waals surface area contributed by atoms with E-state index in [2.05, 4.69) is 20.3 Å². The molecule has 2 aromatic carbocycles. The lowest BCUT2D eigenvalue weighted by molar-refractivity contribution is -0.118. The fourth-order valence-electron chi connectivity index (χ4n) is 3.62. The van der Waals surface area contributed by atoms with Crippen molar-refractivity contribution in [3.8, 4) is 11.3 Å². The van der Waals surface area contributed by atoms with Crippen molar-refractivity contribution in [2.24, 2.45) is 7.05 Å². The topological polar surface area (TPSA) is 103 Å². The van der Waals surface area contributed by atoms with E-state index in [9.17, 15) is 4.79 Å². The molecular formula is C20H17N7O. The second-order valence-corrected chi connectivity index (χ2v) is 6.81. The summed E-state index contributed by atoms with van der Waals surface area (Å²) in [4.78, 5) is 23.4. The van der Waals surface area contributed by atoms with Gasteiger partial charge in [-0.15, -0.1) is 5.10 Å². The third kappa shape index (κ3) is 2.58. The molecule has 0 bridgehead atoms. The molecule has 2 N–H and O–H groups in total. The number of anilines is 2. The summed E-state index contributed by atoms with van der Waals surface area (Å²) in [5, 5.41) is 8.16. The predicted molar refractivity (Wildman–Crippen MR) is 105 cm³/mol. The van der Waals surface area contributed by atoms with Gasteiger partial charge < -0.3 is 10.6 Å². The zero-order chi connectivity index (χ0) is 19.3. The van der Waals surface area contributed by atoms with Gasteiger partial charge in [0.1, 0.15) is 5.52 Å². The second kappa shape index (κ2) is 6.12. The summed E-state index contributed by atoms with van der Waals surface area (Å²) >= 11 is 0. The molecule has 4 aromatic rings. The van der Waals surface area contributed by atoms with Crippen molar-refractivity contribution in [2.45, 2.75) is 13.0 Å². The highest BCUT2D eigenvalue weighted by Gasteiger charge is 2.27. The number of aryl methyl sites for hydroxylation is 1. The highest BCUT2D eigenvalue weighted by Crippen LogP contribution is 2.36. The molecule has 1 aliphatic rings. The van der Waals surface area contributed by atoms with Crippen molar-refractivity contribution < 1.29 is 4.79 Å². The molecule has 0 spiro atoms. The van der Waals surface area contributed by atoms with Gasteiger partial charge in [-0.2, -0.15) is 0 Å². The minimum atomic E-state index is -0.0113. The summed E-state index contributed by atoms with van der Waals surface area (Å²) in [6.45, 7) is 0.438. The van der Waals surface area contributed by atoms with Gasteiger partial charge in [0.05, 0.1) is 29.9 Å². The molecule has 5 rings (SSSR count). The Morgan fingerprint density at radius 1 is 1.18 bits per heavy atom. The minimum Gasteiger partial charge on any atom is -0.368 e. The molecule has 0 atom stereocenters. The third-order valence-corrected chi connectivity index (χ3v) is 4.99. The number of aromatic nitrogens is 5. The predicted octanol–water partition coefficient (Wildman–Crippen LogP) is 2.10. The Kier molecular flexibility index (Phi) is 3.58. The molecule has 1 amide bonds. The maximum absolute atomic E-state index is 13.1. The zero-order valence-electron chi connectivity index (χ0n) is 15.2. The van der Waals surface area contributed by atoms with E-state index in [1.807, 2.05) is 49.5 Å². The first-order valence-corrected chi connectivity index (χ1v) is 8.89. The lowest BCUT2D eigenvalue weighted by atomic mass is 10.1. The van der Waals surface area contributed by atoms with Crippen LogP contribution in [0.5, 0.6) is 0 Å². The first-order chi connectivity index (χ1) is 13.6. The summed E-state index contributed by atoms with van der Waals surface area (Å²) in [5.41, 5.74) is 11.7. The average Bonchev–Trinajstić information content (AvgIpc) is 3.02. The summed E-state index contributed by atoms with van der Waals surface area (Å²) in [7, 11) is 1.85. The minimum absolute atomic E-state index is 0.0113. The van der Waals surface area contributed by atoms with Crippen LogP contribution >= 0.6 is 0 Å². The van der Waals surface area contributed by atoms with Crippen LogP contribution in [0.15, 0.2) is 48.7 Å². The van der Waals surface area contributed by atoms with E-state index in [1.54, 1.807) is 15.8 Å². The Morgan fingerprint density at radius 2 is 2.04 bits per heavy atom. The van der Waals surface area contributed by atoms with Crippen LogP contribution in [-0.4, -0.2) is 30.9 Å². The van der Waals surface area contributed by atoms with Crippen LogP contribution in [0, 0.1) is 0 Å². The number of nitrogens with zero attached hydrogens (tertiary/aromatic N) is 6. The number of carbonyl (C=O) groups is 1. The maximum Gasteiger partial charge on any atom is 0.231 e. The highest BCUT2D eigenvalue weighted by atomic mass is 16.2. The number of hydrogen-bond donors (Lipinski definition) is 1. The Bertz CT molecular complexity index is 1230. The van der Waals surface area contributed by atoms with Crippen LogP contribution in [0.25, 0.3) is 22.3 Å². The van der Waals surface area contributed by atoms with Gasteiger partial charge in [-0.1, -0.05) is 29.5 Å². The number of carbonyl (C=O) groups excluding carboxylic acids is 1. The van der Waals surface area contributed by atoms with Gasteiger partial charge in [-0.3, -0.25) is 4.79 Å². The number of nitrogen functional groups attached to an aromatic ring is 1. The molecule has 138 valence electrons. The van der Waals surface area contributed by atoms with Crippen molar-refractivity contribution in [1.29, 1.82) is 0 Å². The van der Waals surface area contributed by atoms with Gasteiger partial charge in [-0.25, -0.2) is 14.6 Å². The fourth-order valence-corrected chi connectivity index (χ4v) is 3.62. The molecule has 0 aliphatic carbocycles. The molecule has 28 heavy (non-hydrogen) atoms. The van der Waals surface area contributed by atoms with E-state index in [1.165, 1.54) is 0 Å². The largest absolute Gasteiger partial charge is 0.368 e. The first kappa shape index (κ1) is 16.4. The van der Waals surface area contributed by atoms with Crippen molar-refractivity contribution in [2.75, 3.05) is 10.6 Å². The van der Waals surface area contributed by atoms with Gasteiger partial charge >= 0.3 is 0 Å². The standard InChI is InChI=1S/C20H17N7O/c1-26-17-8-12(6-7-15(17)24-25-26)11-27-16-5-3-2-4-14(16)19-13(9-18(27)28)10-22-20(21)23-19/h2-8,10H,9,11H2,1H3,(H2,21,22,23). The van der Waals surface area contributed by atoms with E-state index >= 15 is 0 Å². The van der Waals surface area contributed by atoms with Gasteiger partial charge in [0.15, 0.2) is 0 Å². The Labute approximate surface area is 160 Å². The molecule has 0 fully saturated rings. The number of benzene rings is 2. The molecule has 8 heteroatoms. The lowest BCUT2D eigenvalue weighted by Gasteiger charge is -2.23. The Morgan fingerprint density at radius 3 is 2.93 bits per heavy atom. The summed E-state index contributed by atoms with van der Waals surface area (Å²) < 4.78 is 1.73. The van der Waals surface area contributed by atoms with Gasteiger partial charge in [0.2, 0.25) is 11.9 Å². The second-order valence-electron chi connectivity index (χ2n) is 6.81. The van der Waals surface area contributed by atoms with Gasteiger partial charge in [0.25, 0.3) is 0 Å². The number of rotatable bonds is 2.